The van der Waals surface area contributed by atoms with Crippen LogP contribution in [0.1, 0.15) is 22.9 Å². The highest BCUT2D eigenvalue weighted by molar-refractivity contribution is 7.16. The summed E-state index contributed by atoms with van der Waals surface area (Å²) in [5, 5.41) is 14.4. The SMILES string of the molecule is CCc1c(C)sc(NC(=O)Nc2ccc(F)cc2F)c1C#N. The number of amides is 2. The Morgan fingerprint density at radius 1 is 1.36 bits per heavy atom. The van der Waals surface area contributed by atoms with Crippen LogP contribution in [0.4, 0.5) is 24.3 Å². The van der Waals surface area contributed by atoms with Gasteiger partial charge in [0.25, 0.3) is 0 Å². The first-order chi connectivity index (χ1) is 10.5. The van der Waals surface area contributed by atoms with Crippen LogP contribution < -0.4 is 10.6 Å². The Morgan fingerprint density at radius 2 is 2.09 bits per heavy atom. The second-order valence-corrected chi connectivity index (χ2v) is 5.73. The average Bonchev–Trinajstić information content (AvgIpc) is 2.76. The van der Waals surface area contributed by atoms with Crippen molar-refractivity contribution in [3.63, 3.8) is 0 Å². The molecule has 0 aliphatic carbocycles. The molecule has 0 saturated heterocycles. The van der Waals surface area contributed by atoms with E-state index in [1.807, 2.05) is 13.8 Å². The number of benzene rings is 1. The number of nitrogens with one attached hydrogen (secondary N) is 2. The van der Waals surface area contributed by atoms with Gasteiger partial charge in [-0.25, -0.2) is 13.6 Å². The van der Waals surface area contributed by atoms with E-state index >= 15 is 0 Å². The van der Waals surface area contributed by atoms with Crippen LogP contribution in [-0.4, -0.2) is 6.03 Å². The van der Waals surface area contributed by atoms with E-state index in [2.05, 4.69) is 16.7 Å². The van der Waals surface area contributed by atoms with E-state index in [1.54, 1.807) is 0 Å². The number of nitriles is 1. The van der Waals surface area contributed by atoms with Gasteiger partial charge in [0.05, 0.1) is 11.3 Å². The first kappa shape index (κ1) is 15.9. The van der Waals surface area contributed by atoms with Crippen molar-refractivity contribution in [1.82, 2.24) is 0 Å². The van der Waals surface area contributed by atoms with E-state index in [0.717, 1.165) is 22.6 Å². The van der Waals surface area contributed by atoms with Crippen LogP contribution in [0.25, 0.3) is 0 Å². The topological polar surface area (TPSA) is 64.9 Å². The first-order valence-electron chi connectivity index (χ1n) is 6.51. The highest BCUT2D eigenvalue weighted by atomic mass is 32.1. The van der Waals surface area contributed by atoms with E-state index in [4.69, 9.17) is 0 Å². The molecule has 0 aliphatic heterocycles. The Balaban J connectivity index is 2.18. The molecule has 22 heavy (non-hydrogen) atoms. The monoisotopic (exact) mass is 321 g/mol. The van der Waals surface area contributed by atoms with E-state index < -0.39 is 17.7 Å². The number of halogens is 2. The second kappa shape index (κ2) is 6.54. The van der Waals surface area contributed by atoms with Crippen molar-refractivity contribution in [2.75, 3.05) is 10.6 Å². The fraction of sp³-hybridized carbons (Fsp3) is 0.200. The number of carbonyl (C=O) groups excluding carboxylic acids is 1. The lowest BCUT2D eigenvalue weighted by Crippen LogP contribution is -2.20. The quantitative estimate of drug-likeness (QED) is 0.879. The Bertz CT molecular complexity index is 765. The van der Waals surface area contributed by atoms with Crippen molar-refractivity contribution in [2.24, 2.45) is 0 Å². The molecular weight excluding hydrogens is 308 g/mol. The maximum atomic E-state index is 13.5. The number of anilines is 2. The fourth-order valence-electron chi connectivity index (χ4n) is 2.06. The summed E-state index contributed by atoms with van der Waals surface area (Å²) in [6, 6.07) is 4.24. The highest BCUT2D eigenvalue weighted by Gasteiger charge is 2.17. The molecule has 2 amide bonds. The molecule has 0 atom stereocenters. The van der Waals surface area contributed by atoms with E-state index in [1.165, 1.54) is 11.3 Å². The molecule has 4 nitrogen and oxygen atoms in total. The van der Waals surface area contributed by atoms with Gasteiger partial charge in [0.2, 0.25) is 0 Å². The molecule has 0 aliphatic rings. The third-order valence-electron chi connectivity index (χ3n) is 3.08. The summed E-state index contributed by atoms with van der Waals surface area (Å²) in [5.41, 5.74) is 1.16. The third kappa shape index (κ3) is 3.23. The minimum atomic E-state index is -0.868. The molecule has 0 spiro atoms. The molecule has 2 rings (SSSR count). The Labute approximate surface area is 130 Å². The van der Waals surface area contributed by atoms with Crippen molar-refractivity contribution >= 4 is 28.1 Å². The van der Waals surface area contributed by atoms with Crippen molar-refractivity contribution in [1.29, 1.82) is 5.26 Å². The van der Waals surface area contributed by atoms with E-state index in [0.29, 0.717) is 23.1 Å². The minimum Gasteiger partial charge on any atom is -0.305 e. The van der Waals surface area contributed by atoms with Crippen LogP contribution in [0.2, 0.25) is 0 Å². The van der Waals surface area contributed by atoms with Crippen molar-refractivity contribution < 1.29 is 13.6 Å². The number of carbonyl (C=O) groups is 1. The van der Waals surface area contributed by atoms with Gasteiger partial charge in [0.15, 0.2) is 0 Å². The summed E-state index contributed by atoms with van der Waals surface area (Å²) in [7, 11) is 0. The molecule has 0 saturated carbocycles. The van der Waals surface area contributed by atoms with Gasteiger partial charge in [-0.1, -0.05) is 6.92 Å². The second-order valence-electron chi connectivity index (χ2n) is 4.51. The van der Waals surface area contributed by atoms with Gasteiger partial charge in [-0.2, -0.15) is 5.26 Å². The Morgan fingerprint density at radius 3 is 2.68 bits per heavy atom. The van der Waals surface area contributed by atoms with Crippen molar-refractivity contribution in [2.45, 2.75) is 20.3 Å². The van der Waals surface area contributed by atoms with Gasteiger partial charge in [-0.15, -0.1) is 11.3 Å². The standard InChI is InChI=1S/C15H13F2N3OS/c1-3-10-8(2)22-14(11(10)7-18)20-15(21)19-13-5-4-9(16)6-12(13)17/h4-6H,3H2,1-2H3,(H2,19,20,21). The molecule has 0 unspecified atom stereocenters. The highest BCUT2D eigenvalue weighted by Crippen LogP contribution is 2.32. The number of hydrogen-bond acceptors (Lipinski definition) is 3. The Kier molecular flexibility index (Phi) is 4.73. The van der Waals surface area contributed by atoms with Crippen LogP contribution >= 0.6 is 11.3 Å². The number of aryl methyl sites for hydroxylation is 1. The maximum absolute atomic E-state index is 13.5. The van der Waals surface area contributed by atoms with Gasteiger partial charge in [-0.05, 0) is 31.0 Å². The summed E-state index contributed by atoms with van der Waals surface area (Å²) in [4.78, 5) is 12.9. The maximum Gasteiger partial charge on any atom is 0.324 e. The largest absolute Gasteiger partial charge is 0.324 e. The first-order valence-corrected chi connectivity index (χ1v) is 7.33. The lowest BCUT2D eigenvalue weighted by atomic mass is 10.1. The van der Waals surface area contributed by atoms with E-state index in [9.17, 15) is 18.8 Å². The number of urea groups is 1. The zero-order chi connectivity index (χ0) is 16.3. The average molecular weight is 321 g/mol. The molecule has 7 heteroatoms. The van der Waals surface area contributed by atoms with Gasteiger partial charge < -0.3 is 5.32 Å². The number of nitrogens with zero attached hydrogens (tertiary/aromatic N) is 1. The summed E-state index contributed by atoms with van der Waals surface area (Å²) in [5.74, 6) is -1.59. The fourth-order valence-corrected chi connectivity index (χ4v) is 3.15. The smallest absolute Gasteiger partial charge is 0.305 e. The molecule has 0 radical (unpaired) electrons. The van der Waals surface area contributed by atoms with Gasteiger partial charge in [0, 0.05) is 10.9 Å². The lowest BCUT2D eigenvalue weighted by Gasteiger charge is -2.07. The predicted octanol–water partition coefficient (Wildman–Crippen LogP) is 4.41. The van der Waals surface area contributed by atoms with Crippen LogP contribution in [0.15, 0.2) is 18.2 Å². The minimum absolute atomic E-state index is 0.138. The van der Waals surface area contributed by atoms with Crippen molar-refractivity contribution in [3.05, 3.63) is 45.8 Å². The zero-order valence-electron chi connectivity index (χ0n) is 12.0. The van der Waals surface area contributed by atoms with Crippen LogP contribution in [-0.2, 0) is 6.42 Å². The molecule has 0 bridgehead atoms. The molecule has 1 aromatic heterocycles. The Hall–Kier alpha value is -2.46. The van der Waals surface area contributed by atoms with Gasteiger partial charge in [0.1, 0.15) is 22.7 Å². The third-order valence-corrected chi connectivity index (χ3v) is 4.14. The summed E-state index contributed by atoms with van der Waals surface area (Å²) < 4.78 is 26.3. The van der Waals surface area contributed by atoms with Gasteiger partial charge in [-0.3, -0.25) is 5.32 Å². The zero-order valence-corrected chi connectivity index (χ0v) is 12.8. The molecule has 114 valence electrons. The molecular formula is C15H13F2N3OS. The molecule has 0 fully saturated rings. The van der Waals surface area contributed by atoms with Crippen LogP contribution in [0.5, 0.6) is 0 Å². The molecule has 2 N–H and O–H groups in total. The predicted molar refractivity (Wildman–Crippen MR) is 82.1 cm³/mol. The van der Waals surface area contributed by atoms with E-state index in [-0.39, 0.29) is 5.69 Å². The molecule has 2 aromatic rings. The number of hydrogen-bond donors (Lipinski definition) is 2. The van der Waals surface area contributed by atoms with Crippen molar-refractivity contribution in [3.8, 4) is 6.07 Å². The van der Waals surface area contributed by atoms with Gasteiger partial charge >= 0.3 is 6.03 Å². The molecule has 1 heterocycles. The summed E-state index contributed by atoms with van der Waals surface area (Å²) in [6.45, 7) is 3.79. The van der Waals surface area contributed by atoms with Crippen LogP contribution in [0, 0.1) is 29.9 Å². The number of rotatable bonds is 3. The summed E-state index contributed by atoms with van der Waals surface area (Å²) >= 11 is 1.29. The lowest BCUT2D eigenvalue weighted by molar-refractivity contribution is 0.262. The molecule has 1 aromatic carbocycles. The normalized spacial score (nSPS) is 10.1. The van der Waals surface area contributed by atoms with Crippen LogP contribution in [0.3, 0.4) is 0 Å². The summed E-state index contributed by atoms with van der Waals surface area (Å²) in [6.07, 6.45) is 0.682. The number of thiophene rings is 1.